The van der Waals surface area contributed by atoms with E-state index in [0.717, 1.165) is 54.4 Å². The van der Waals surface area contributed by atoms with Crippen molar-refractivity contribution in [2.24, 2.45) is 0 Å². The lowest BCUT2D eigenvalue weighted by Gasteiger charge is -2.36. The molecule has 7 nitrogen and oxygen atoms in total. The Hall–Kier alpha value is -2.96. The van der Waals surface area contributed by atoms with E-state index in [9.17, 15) is 0 Å². The summed E-state index contributed by atoms with van der Waals surface area (Å²) in [6, 6.07) is 6.43. The van der Waals surface area contributed by atoms with Gasteiger partial charge in [0.15, 0.2) is 0 Å². The molecule has 1 aromatic carbocycles. The van der Waals surface area contributed by atoms with E-state index in [1.54, 1.807) is 6.33 Å². The summed E-state index contributed by atoms with van der Waals surface area (Å²) in [6.45, 7) is 5.72. The summed E-state index contributed by atoms with van der Waals surface area (Å²) in [5.41, 5.74) is 3.13. The highest BCUT2D eigenvalue weighted by Gasteiger charge is 2.19. The van der Waals surface area contributed by atoms with Gasteiger partial charge >= 0.3 is 0 Å². The lowest BCUT2D eigenvalue weighted by molar-refractivity contribution is 0.646. The fraction of sp³-hybridized carbons (Fsp3) is 0.368. The number of hydrogen-bond acceptors (Lipinski definition) is 7. The first-order valence-corrected chi connectivity index (χ1v) is 8.82. The van der Waals surface area contributed by atoms with Crippen LogP contribution in [0.2, 0.25) is 0 Å². The Kier molecular flexibility index (Phi) is 4.28. The van der Waals surface area contributed by atoms with Gasteiger partial charge in [-0.2, -0.15) is 0 Å². The standard InChI is InChI=1S/C19H23N7/c1-14-11-21-18(12-20-14)26-8-6-25(7-9-26)15-4-5-17-16(10-15)19(24(2)3)23-13-22-17/h4-5,10-13H,6-9H2,1-3H3. The van der Waals surface area contributed by atoms with E-state index < -0.39 is 0 Å². The van der Waals surface area contributed by atoms with Crippen molar-refractivity contribution >= 4 is 28.2 Å². The molecule has 0 N–H and O–H groups in total. The Morgan fingerprint density at radius 1 is 0.885 bits per heavy atom. The zero-order chi connectivity index (χ0) is 18.1. The molecule has 26 heavy (non-hydrogen) atoms. The van der Waals surface area contributed by atoms with Crippen molar-refractivity contribution in [1.29, 1.82) is 0 Å². The van der Waals surface area contributed by atoms with Crippen molar-refractivity contribution in [1.82, 2.24) is 19.9 Å². The van der Waals surface area contributed by atoms with Gasteiger partial charge < -0.3 is 14.7 Å². The van der Waals surface area contributed by atoms with Crippen molar-refractivity contribution in [3.63, 3.8) is 0 Å². The van der Waals surface area contributed by atoms with Gasteiger partial charge in [0, 0.05) is 51.3 Å². The number of aryl methyl sites for hydroxylation is 1. The Balaban J connectivity index is 1.54. The third-order valence-corrected chi connectivity index (χ3v) is 4.76. The summed E-state index contributed by atoms with van der Waals surface area (Å²) < 4.78 is 0. The summed E-state index contributed by atoms with van der Waals surface area (Å²) in [5, 5.41) is 1.09. The van der Waals surface area contributed by atoms with E-state index in [-0.39, 0.29) is 0 Å². The van der Waals surface area contributed by atoms with E-state index in [1.807, 2.05) is 38.3 Å². The normalized spacial score (nSPS) is 14.7. The molecule has 3 heterocycles. The minimum atomic E-state index is 0.932. The van der Waals surface area contributed by atoms with E-state index in [2.05, 4.69) is 47.9 Å². The number of hydrogen-bond donors (Lipinski definition) is 0. The van der Waals surface area contributed by atoms with Crippen molar-refractivity contribution < 1.29 is 0 Å². The molecular weight excluding hydrogens is 326 g/mol. The summed E-state index contributed by atoms with van der Waals surface area (Å²) in [6.07, 6.45) is 5.31. The van der Waals surface area contributed by atoms with E-state index >= 15 is 0 Å². The molecule has 0 radical (unpaired) electrons. The minimum absolute atomic E-state index is 0.932. The number of anilines is 3. The van der Waals surface area contributed by atoms with Gasteiger partial charge in [-0.15, -0.1) is 0 Å². The fourth-order valence-electron chi connectivity index (χ4n) is 3.33. The van der Waals surface area contributed by atoms with Crippen LogP contribution in [0.25, 0.3) is 10.9 Å². The molecule has 7 heteroatoms. The van der Waals surface area contributed by atoms with Crippen molar-refractivity contribution in [2.45, 2.75) is 6.92 Å². The first-order chi connectivity index (χ1) is 12.6. The minimum Gasteiger partial charge on any atom is -0.368 e. The van der Waals surface area contributed by atoms with Gasteiger partial charge in [0.05, 0.1) is 23.6 Å². The number of aromatic nitrogens is 4. The molecule has 4 rings (SSSR count). The highest BCUT2D eigenvalue weighted by molar-refractivity contribution is 5.91. The predicted octanol–water partition coefficient (Wildman–Crippen LogP) is 2.12. The molecule has 0 bridgehead atoms. The molecule has 0 unspecified atom stereocenters. The molecule has 134 valence electrons. The molecule has 1 aliphatic rings. The maximum atomic E-state index is 4.49. The van der Waals surface area contributed by atoms with Crippen LogP contribution in [0.15, 0.2) is 36.9 Å². The Morgan fingerprint density at radius 2 is 1.65 bits per heavy atom. The van der Waals surface area contributed by atoms with Crippen LogP contribution in [-0.2, 0) is 0 Å². The predicted molar refractivity (Wildman–Crippen MR) is 105 cm³/mol. The van der Waals surface area contributed by atoms with Crippen molar-refractivity contribution in [3.05, 3.63) is 42.6 Å². The average Bonchev–Trinajstić information content (AvgIpc) is 2.68. The molecule has 1 fully saturated rings. The van der Waals surface area contributed by atoms with E-state index in [0.29, 0.717) is 0 Å². The highest BCUT2D eigenvalue weighted by atomic mass is 15.3. The van der Waals surface area contributed by atoms with Gasteiger partial charge in [0.2, 0.25) is 0 Å². The SMILES string of the molecule is Cc1cnc(N2CCN(c3ccc4ncnc(N(C)C)c4c3)CC2)cn1. The van der Waals surface area contributed by atoms with Gasteiger partial charge in [-0.1, -0.05) is 0 Å². The second kappa shape index (κ2) is 6.74. The molecule has 0 atom stereocenters. The van der Waals surface area contributed by atoms with Crippen LogP contribution >= 0.6 is 0 Å². The van der Waals surface area contributed by atoms with Crippen LogP contribution in [0.4, 0.5) is 17.3 Å². The summed E-state index contributed by atoms with van der Waals surface area (Å²) in [7, 11) is 4.02. The molecule has 0 aliphatic carbocycles. The second-order valence-electron chi connectivity index (χ2n) is 6.78. The lowest BCUT2D eigenvalue weighted by atomic mass is 10.1. The monoisotopic (exact) mass is 349 g/mol. The molecule has 3 aromatic rings. The van der Waals surface area contributed by atoms with Gasteiger partial charge in [-0.3, -0.25) is 4.98 Å². The maximum Gasteiger partial charge on any atom is 0.147 e. The number of fused-ring (bicyclic) bond motifs is 1. The molecular formula is C19H23N7. The Morgan fingerprint density at radius 3 is 2.35 bits per heavy atom. The van der Waals surface area contributed by atoms with Gasteiger partial charge in [-0.25, -0.2) is 15.0 Å². The zero-order valence-electron chi connectivity index (χ0n) is 15.4. The van der Waals surface area contributed by atoms with Crippen LogP contribution in [0.3, 0.4) is 0 Å². The Labute approximate surface area is 153 Å². The summed E-state index contributed by atoms with van der Waals surface area (Å²) in [5.74, 6) is 1.91. The largest absolute Gasteiger partial charge is 0.368 e. The molecule has 1 aliphatic heterocycles. The number of rotatable bonds is 3. The van der Waals surface area contributed by atoms with Crippen molar-refractivity contribution in [3.8, 4) is 0 Å². The second-order valence-corrected chi connectivity index (χ2v) is 6.78. The molecule has 0 spiro atoms. The smallest absolute Gasteiger partial charge is 0.147 e. The molecule has 2 aromatic heterocycles. The zero-order valence-corrected chi connectivity index (χ0v) is 15.4. The quantitative estimate of drug-likeness (QED) is 0.718. The van der Waals surface area contributed by atoms with Gasteiger partial charge in [-0.05, 0) is 25.1 Å². The first kappa shape index (κ1) is 16.5. The van der Waals surface area contributed by atoms with E-state index in [1.165, 1.54) is 5.69 Å². The first-order valence-electron chi connectivity index (χ1n) is 8.82. The maximum absolute atomic E-state index is 4.49. The number of nitrogens with zero attached hydrogens (tertiary/aromatic N) is 7. The molecule has 0 amide bonds. The van der Waals surface area contributed by atoms with Crippen LogP contribution < -0.4 is 14.7 Å². The van der Waals surface area contributed by atoms with Crippen molar-refractivity contribution in [2.75, 3.05) is 55.0 Å². The van der Waals surface area contributed by atoms with Gasteiger partial charge in [0.25, 0.3) is 0 Å². The fourth-order valence-corrected chi connectivity index (χ4v) is 3.33. The van der Waals surface area contributed by atoms with Gasteiger partial charge in [0.1, 0.15) is 18.0 Å². The van der Waals surface area contributed by atoms with Crippen LogP contribution in [0.5, 0.6) is 0 Å². The topological polar surface area (TPSA) is 61.3 Å². The van der Waals surface area contributed by atoms with Crippen LogP contribution in [-0.4, -0.2) is 60.2 Å². The third kappa shape index (κ3) is 3.12. The lowest BCUT2D eigenvalue weighted by Crippen LogP contribution is -2.46. The van der Waals surface area contributed by atoms with Crippen LogP contribution in [0, 0.1) is 6.92 Å². The van der Waals surface area contributed by atoms with Crippen LogP contribution in [0.1, 0.15) is 5.69 Å². The third-order valence-electron chi connectivity index (χ3n) is 4.76. The highest BCUT2D eigenvalue weighted by Crippen LogP contribution is 2.27. The Bertz CT molecular complexity index is 899. The number of benzene rings is 1. The summed E-state index contributed by atoms with van der Waals surface area (Å²) in [4.78, 5) is 24.4. The van der Waals surface area contributed by atoms with E-state index in [4.69, 9.17) is 0 Å². The number of piperazine rings is 1. The molecule has 1 saturated heterocycles. The average molecular weight is 349 g/mol. The summed E-state index contributed by atoms with van der Waals surface area (Å²) >= 11 is 0. The molecule has 0 saturated carbocycles.